The summed E-state index contributed by atoms with van der Waals surface area (Å²) < 4.78 is 58.1. The van der Waals surface area contributed by atoms with Crippen molar-refractivity contribution < 1.29 is 61.8 Å². The number of hydrogen-bond acceptors (Lipinski definition) is 5. The number of carboxylic acid groups (broad SMARTS) is 1. The number of rotatable bonds is 6. The molecule has 0 saturated heterocycles. The minimum Gasteiger partial charge on any atom is -0.543 e. The van der Waals surface area contributed by atoms with Gasteiger partial charge in [-0.15, -0.1) is 11.3 Å². The first kappa shape index (κ1) is 24.6. The molecule has 3 rings (SSSR count). The maximum absolute atomic E-state index is 13.1. The average molecular weight is 468 g/mol. The van der Waals surface area contributed by atoms with Gasteiger partial charge < -0.3 is 14.6 Å². The second-order valence-corrected chi connectivity index (χ2v) is 7.29. The van der Waals surface area contributed by atoms with Gasteiger partial charge in [-0.2, -0.15) is 13.2 Å². The van der Waals surface area contributed by atoms with Crippen LogP contribution in [0.25, 0.3) is 0 Å². The predicted octanol–water partition coefficient (Wildman–Crippen LogP) is 1.49. The van der Waals surface area contributed by atoms with Gasteiger partial charge in [-0.1, -0.05) is 17.7 Å². The average Bonchev–Trinajstić information content (AvgIpc) is 3.10. The van der Waals surface area contributed by atoms with Crippen LogP contribution in [0, 0.1) is 5.82 Å². The Bertz CT molecular complexity index is 1060. The molecule has 0 amide bonds. The Hall–Kier alpha value is -1.65. The number of ether oxygens (including phenoxy) is 1. The first-order valence-electron chi connectivity index (χ1n) is 8.06. The Labute approximate surface area is 199 Å². The van der Waals surface area contributed by atoms with E-state index < -0.39 is 23.5 Å². The van der Waals surface area contributed by atoms with Crippen molar-refractivity contribution in [2.75, 3.05) is 0 Å². The molecule has 1 heterocycles. The number of carbonyl (C=O) groups excluding carboxylic acids is 1. The van der Waals surface area contributed by atoms with E-state index in [1.165, 1.54) is 23.6 Å². The largest absolute Gasteiger partial charge is 1.00 e. The van der Waals surface area contributed by atoms with Gasteiger partial charge in [-0.25, -0.2) is 9.37 Å². The first-order valence-corrected chi connectivity index (χ1v) is 9.32. The molecule has 0 saturated carbocycles. The third kappa shape index (κ3) is 6.18. The predicted molar refractivity (Wildman–Crippen MR) is 96.4 cm³/mol. The van der Waals surface area contributed by atoms with E-state index in [9.17, 15) is 27.5 Å². The number of hydrogen-bond donors (Lipinski definition) is 0. The summed E-state index contributed by atoms with van der Waals surface area (Å²) in [5.74, 6) is -1.86. The van der Waals surface area contributed by atoms with Crippen LogP contribution in [0.1, 0.15) is 32.2 Å². The van der Waals surface area contributed by atoms with E-state index in [0.717, 1.165) is 29.5 Å². The fourth-order valence-electron chi connectivity index (χ4n) is 2.48. The van der Waals surface area contributed by atoms with E-state index in [4.69, 9.17) is 16.3 Å². The molecule has 0 aliphatic heterocycles. The van der Waals surface area contributed by atoms with E-state index in [2.05, 4.69) is 4.98 Å². The summed E-state index contributed by atoms with van der Waals surface area (Å²) in [5.41, 5.74) is -0.557. The van der Waals surface area contributed by atoms with Crippen molar-refractivity contribution >= 4 is 28.9 Å². The third-order valence-corrected chi connectivity index (χ3v) is 5.09. The molecule has 0 spiro atoms. The topological polar surface area (TPSA) is 62.2 Å². The number of carboxylic acids is 1. The van der Waals surface area contributed by atoms with Gasteiger partial charge >= 0.3 is 35.7 Å². The van der Waals surface area contributed by atoms with Crippen molar-refractivity contribution in [3.05, 3.63) is 80.0 Å². The fourth-order valence-corrected chi connectivity index (χ4v) is 3.49. The van der Waals surface area contributed by atoms with Crippen molar-refractivity contribution in [1.82, 2.24) is 4.98 Å². The molecule has 0 atom stereocenters. The zero-order valence-electron chi connectivity index (χ0n) is 15.4. The molecule has 11 heteroatoms. The van der Waals surface area contributed by atoms with Crippen LogP contribution < -0.4 is 39.4 Å². The molecule has 0 bridgehead atoms. The van der Waals surface area contributed by atoms with E-state index >= 15 is 0 Å². The minimum absolute atomic E-state index is 0. The van der Waals surface area contributed by atoms with Gasteiger partial charge in [0.05, 0.1) is 27.3 Å². The summed E-state index contributed by atoms with van der Waals surface area (Å²) in [7, 11) is 0. The Kier molecular flexibility index (Phi) is 8.29. The molecule has 0 fully saturated rings. The van der Waals surface area contributed by atoms with Crippen LogP contribution in [0.2, 0.25) is 5.02 Å². The number of nitrogens with zero attached hydrogens (tertiary/aromatic N) is 1. The van der Waals surface area contributed by atoms with E-state index in [1.807, 2.05) is 0 Å². The molecule has 0 aliphatic carbocycles. The quantitative estimate of drug-likeness (QED) is 0.407. The van der Waals surface area contributed by atoms with Crippen LogP contribution in [0.5, 0.6) is 5.75 Å². The smallest absolute Gasteiger partial charge is 0.543 e. The summed E-state index contributed by atoms with van der Waals surface area (Å²) in [6.45, 7) is -0.0976. The SMILES string of the molecule is O=C([O-])c1csc(Cc2cc(C(F)(F)F)ccc2OCc2ccc(F)cc2Cl)n1.[Na+]. The maximum Gasteiger partial charge on any atom is 1.00 e. The van der Waals surface area contributed by atoms with E-state index in [0.29, 0.717) is 5.56 Å². The number of alkyl halides is 3. The molecule has 0 unspecified atom stereocenters. The zero-order valence-corrected chi connectivity index (χ0v) is 19.0. The van der Waals surface area contributed by atoms with Gasteiger partial charge in [0.1, 0.15) is 18.2 Å². The summed E-state index contributed by atoms with van der Waals surface area (Å²) in [6, 6.07) is 6.67. The second kappa shape index (κ2) is 10.1. The van der Waals surface area contributed by atoms with Crippen LogP contribution in [0.3, 0.4) is 0 Å². The van der Waals surface area contributed by atoms with Gasteiger partial charge in [-0.05, 0) is 30.3 Å². The molecule has 0 radical (unpaired) electrons. The molecule has 2 aromatic carbocycles. The normalized spacial score (nSPS) is 11.1. The van der Waals surface area contributed by atoms with Crippen LogP contribution in [0.4, 0.5) is 17.6 Å². The molecule has 152 valence electrons. The molecule has 3 aromatic rings. The summed E-state index contributed by atoms with van der Waals surface area (Å²) in [5, 5.41) is 12.5. The van der Waals surface area contributed by atoms with E-state index in [1.54, 1.807) is 0 Å². The number of thiazole rings is 1. The van der Waals surface area contributed by atoms with Crippen molar-refractivity contribution in [3.8, 4) is 5.75 Å². The maximum atomic E-state index is 13.1. The van der Waals surface area contributed by atoms with Crippen LogP contribution >= 0.6 is 22.9 Å². The Morgan fingerprint density at radius 2 is 1.90 bits per heavy atom. The first-order chi connectivity index (χ1) is 13.6. The Morgan fingerprint density at radius 1 is 1.17 bits per heavy atom. The zero-order chi connectivity index (χ0) is 21.2. The molecule has 4 nitrogen and oxygen atoms in total. The molecule has 30 heavy (non-hydrogen) atoms. The van der Waals surface area contributed by atoms with Crippen molar-refractivity contribution in [1.29, 1.82) is 0 Å². The number of carbonyl (C=O) groups is 1. The second-order valence-electron chi connectivity index (χ2n) is 5.94. The molecular formula is C19H11ClF4NNaO3S. The molecule has 1 aromatic heterocycles. The molecule has 0 N–H and O–H groups in total. The summed E-state index contributed by atoms with van der Waals surface area (Å²) in [6.07, 6.45) is -4.64. The fraction of sp³-hybridized carbons (Fsp3) is 0.158. The van der Waals surface area contributed by atoms with E-state index in [-0.39, 0.29) is 69.6 Å². The summed E-state index contributed by atoms with van der Waals surface area (Å²) >= 11 is 6.93. The minimum atomic E-state index is -4.56. The monoisotopic (exact) mass is 467 g/mol. The van der Waals surface area contributed by atoms with Gasteiger partial charge in [0.2, 0.25) is 0 Å². The van der Waals surface area contributed by atoms with Crippen molar-refractivity contribution in [2.24, 2.45) is 0 Å². The Morgan fingerprint density at radius 3 is 2.50 bits per heavy atom. The van der Waals surface area contributed by atoms with Crippen LogP contribution in [-0.2, 0) is 19.2 Å². The van der Waals surface area contributed by atoms with Crippen LogP contribution in [-0.4, -0.2) is 11.0 Å². The van der Waals surface area contributed by atoms with Gasteiger partial charge in [0.15, 0.2) is 0 Å². The molecular weight excluding hydrogens is 457 g/mol. The number of aromatic nitrogens is 1. The standard InChI is InChI=1S/C19H12ClF4NO3S.Na/c20-14-7-13(21)3-1-10(14)8-28-16-4-2-12(19(22,23)24)5-11(16)6-17-25-15(9-29-17)18(26)27;/h1-5,7,9H,6,8H2,(H,26,27);/q;+1/p-1. The van der Waals surface area contributed by atoms with Crippen LogP contribution in [0.15, 0.2) is 41.8 Å². The van der Waals surface area contributed by atoms with Gasteiger partial charge in [-0.3, -0.25) is 0 Å². The molecule has 0 aliphatic rings. The van der Waals surface area contributed by atoms with Crippen molar-refractivity contribution in [3.63, 3.8) is 0 Å². The number of benzene rings is 2. The number of halogens is 5. The Balaban J connectivity index is 0.00000320. The third-order valence-electron chi connectivity index (χ3n) is 3.89. The van der Waals surface area contributed by atoms with Gasteiger partial charge in [0, 0.05) is 22.9 Å². The van der Waals surface area contributed by atoms with Crippen molar-refractivity contribution in [2.45, 2.75) is 19.2 Å². The summed E-state index contributed by atoms with van der Waals surface area (Å²) in [4.78, 5) is 14.7. The van der Waals surface area contributed by atoms with Gasteiger partial charge in [0.25, 0.3) is 0 Å². The number of aromatic carboxylic acids is 1.